The van der Waals surface area contributed by atoms with Gasteiger partial charge in [-0.3, -0.25) is 9.69 Å². The summed E-state index contributed by atoms with van der Waals surface area (Å²) in [7, 11) is 0. The van der Waals surface area contributed by atoms with Gasteiger partial charge in [0.2, 0.25) is 0 Å². The van der Waals surface area contributed by atoms with Crippen LogP contribution in [0.2, 0.25) is 0 Å². The first-order chi connectivity index (χ1) is 13.9. The highest BCUT2D eigenvalue weighted by atomic mass is 32.2. The molecule has 1 saturated heterocycles. The topological polar surface area (TPSA) is 80.5 Å². The van der Waals surface area contributed by atoms with E-state index in [1.165, 1.54) is 11.8 Å². The number of aromatic nitrogens is 2. The van der Waals surface area contributed by atoms with Crippen LogP contribution in [0.25, 0.3) is 0 Å². The Morgan fingerprint density at radius 3 is 2.97 bits per heavy atom. The summed E-state index contributed by atoms with van der Waals surface area (Å²) in [6.07, 6.45) is 1.72. The summed E-state index contributed by atoms with van der Waals surface area (Å²) in [6, 6.07) is 3.60. The molecule has 2 aromatic rings. The van der Waals surface area contributed by atoms with Gasteiger partial charge in [0, 0.05) is 43.7 Å². The lowest BCUT2D eigenvalue weighted by Gasteiger charge is -2.34. The first kappa shape index (κ1) is 21.8. The normalized spacial score (nSPS) is 17.6. The van der Waals surface area contributed by atoms with Crippen LogP contribution in [0.5, 0.6) is 0 Å². The minimum absolute atomic E-state index is 0.0153. The third kappa shape index (κ3) is 6.04. The molecule has 3 rings (SSSR count). The highest BCUT2D eigenvalue weighted by Crippen LogP contribution is 2.27. The summed E-state index contributed by atoms with van der Waals surface area (Å²) < 4.78 is 11.1. The highest BCUT2D eigenvalue weighted by Gasteiger charge is 2.22. The van der Waals surface area contributed by atoms with Crippen molar-refractivity contribution >= 4 is 17.7 Å². The van der Waals surface area contributed by atoms with Crippen molar-refractivity contribution < 1.29 is 14.1 Å². The number of pyridine rings is 1. The van der Waals surface area contributed by atoms with Gasteiger partial charge in [-0.25, -0.2) is 4.98 Å². The Morgan fingerprint density at radius 1 is 1.41 bits per heavy atom. The van der Waals surface area contributed by atoms with Gasteiger partial charge in [0.15, 0.2) is 0 Å². The number of aryl methyl sites for hydroxylation is 2. The van der Waals surface area contributed by atoms with E-state index in [9.17, 15) is 4.79 Å². The summed E-state index contributed by atoms with van der Waals surface area (Å²) >= 11 is 1.52. The van der Waals surface area contributed by atoms with Crippen LogP contribution in [0.15, 0.2) is 27.9 Å². The van der Waals surface area contributed by atoms with E-state index in [-0.39, 0.29) is 12.0 Å². The van der Waals surface area contributed by atoms with Gasteiger partial charge in [0.05, 0.1) is 24.0 Å². The number of thioether (sulfide) groups is 1. The van der Waals surface area contributed by atoms with Crippen molar-refractivity contribution in [3.05, 3.63) is 40.9 Å². The van der Waals surface area contributed by atoms with Crippen LogP contribution in [0.3, 0.4) is 0 Å². The maximum Gasteiger partial charge on any atom is 0.254 e. The second kappa shape index (κ2) is 10.2. The molecule has 0 aliphatic carbocycles. The predicted molar refractivity (Wildman–Crippen MR) is 113 cm³/mol. The summed E-state index contributed by atoms with van der Waals surface area (Å²) in [5, 5.41) is 7.71. The number of ether oxygens (including phenoxy) is 1. The van der Waals surface area contributed by atoms with E-state index in [1.54, 1.807) is 12.3 Å². The molecule has 1 fully saturated rings. The second-order valence-corrected chi connectivity index (χ2v) is 8.77. The van der Waals surface area contributed by atoms with Gasteiger partial charge in [0.25, 0.3) is 5.91 Å². The lowest BCUT2D eigenvalue weighted by Crippen LogP contribution is -2.48. The zero-order chi connectivity index (χ0) is 20.8. The second-order valence-electron chi connectivity index (χ2n) is 7.80. The smallest absolute Gasteiger partial charge is 0.254 e. The van der Waals surface area contributed by atoms with E-state index in [0.29, 0.717) is 35.4 Å². The van der Waals surface area contributed by atoms with Gasteiger partial charge < -0.3 is 14.6 Å². The highest BCUT2D eigenvalue weighted by molar-refractivity contribution is 7.98. The number of morpholine rings is 1. The Balaban J connectivity index is 1.57. The third-order valence-corrected chi connectivity index (χ3v) is 5.92. The molecule has 1 aliphatic heterocycles. The van der Waals surface area contributed by atoms with Crippen molar-refractivity contribution in [1.29, 1.82) is 0 Å². The van der Waals surface area contributed by atoms with Crippen molar-refractivity contribution in [3.8, 4) is 0 Å². The molecule has 0 radical (unpaired) electrons. The van der Waals surface area contributed by atoms with Crippen molar-refractivity contribution in [2.75, 3.05) is 32.8 Å². The molecule has 7 nitrogen and oxygen atoms in total. The summed E-state index contributed by atoms with van der Waals surface area (Å²) in [6.45, 7) is 12.3. The SMILES string of the molecule is Cc1noc(C)c1CSc1ncccc1C(=O)NC[C@@H]1CN(CC(C)C)CCO1. The van der Waals surface area contributed by atoms with E-state index < -0.39 is 0 Å². The standard InChI is InChI=1S/C21H30N4O3S/c1-14(2)11-25-8-9-27-17(12-25)10-23-20(26)18-6-5-7-22-21(18)29-13-19-15(3)24-28-16(19)4/h5-7,14,17H,8-13H2,1-4H3,(H,23,26)/t17-/m1/s1. The molecule has 29 heavy (non-hydrogen) atoms. The minimum Gasteiger partial charge on any atom is -0.374 e. The van der Waals surface area contributed by atoms with E-state index >= 15 is 0 Å². The predicted octanol–water partition coefficient (Wildman–Crippen LogP) is 3.07. The van der Waals surface area contributed by atoms with Gasteiger partial charge in [0.1, 0.15) is 10.8 Å². The van der Waals surface area contributed by atoms with E-state index in [0.717, 1.165) is 36.7 Å². The first-order valence-corrected chi connectivity index (χ1v) is 11.0. The number of hydrogen-bond acceptors (Lipinski definition) is 7. The van der Waals surface area contributed by atoms with E-state index in [2.05, 4.69) is 34.2 Å². The molecule has 3 heterocycles. The molecule has 1 amide bonds. The van der Waals surface area contributed by atoms with E-state index in [1.807, 2.05) is 19.9 Å². The molecule has 0 spiro atoms. The molecule has 0 unspecified atom stereocenters. The number of hydrogen-bond donors (Lipinski definition) is 1. The van der Waals surface area contributed by atoms with Gasteiger partial charge >= 0.3 is 0 Å². The fourth-order valence-corrected chi connectivity index (χ4v) is 4.56. The minimum atomic E-state index is -0.121. The summed E-state index contributed by atoms with van der Waals surface area (Å²) in [5.74, 6) is 1.96. The van der Waals surface area contributed by atoms with Crippen LogP contribution in [-0.2, 0) is 10.5 Å². The average molecular weight is 419 g/mol. The van der Waals surface area contributed by atoms with Gasteiger partial charge in [-0.15, -0.1) is 11.8 Å². The largest absolute Gasteiger partial charge is 0.374 e. The van der Waals surface area contributed by atoms with Crippen LogP contribution in [0.4, 0.5) is 0 Å². The lowest BCUT2D eigenvalue weighted by molar-refractivity contribution is -0.0295. The fraction of sp³-hybridized carbons (Fsp3) is 0.571. The van der Waals surface area contributed by atoms with Crippen LogP contribution >= 0.6 is 11.8 Å². The molecule has 1 aliphatic rings. The average Bonchev–Trinajstić information content (AvgIpc) is 3.02. The number of rotatable bonds is 8. The van der Waals surface area contributed by atoms with Crippen LogP contribution < -0.4 is 5.32 Å². The van der Waals surface area contributed by atoms with Crippen LogP contribution in [-0.4, -0.2) is 59.8 Å². The first-order valence-electron chi connectivity index (χ1n) is 10.1. The Kier molecular flexibility index (Phi) is 7.69. The number of carbonyl (C=O) groups excluding carboxylic acids is 1. The molecule has 158 valence electrons. The summed E-state index contributed by atoms with van der Waals surface area (Å²) in [5.41, 5.74) is 2.50. The van der Waals surface area contributed by atoms with Crippen molar-refractivity contribution in [1.82, 2.24) is 20.4 Å². The maximum atomic E-state index is 12.8. The maximum absolute atomic E-state index is 12.8. The Morgan fingerprint density at radius 2 is 2.24 bits per heavy atom. The Bertz CT molecular complexity index is 805. The van der Waals surface area contributed by atoms with Gasteiger partial charge in [-0.05, 0) is 31.9 Å². The van der Waals surface area contributed by atoms with Crippen LogP contribution in [0, 0.1) is 19.8 Å². The third-order valence-electron chi connectivity index (χ3n) is 4.89. The molecule has 1 N–H and O–H groups in total. The lowest BCUT2D eigenvalue weighted by atomic mass is 10.1. The quantitative estimate of drug-likeness (QED) is 0.660. The summed E-state index contributed by atoms with van der Waals surface area (Å²) in [4.78, 5) is 19.6. The molecule has 2 aromatic heterocycles. The zero-order valence-electron chi connectivity index (χ0n) is 17.6. The van der Waals surface area contributed by atoms with E-state index in [4.69, 9.17) is 9.26 Å². The molecule has 0 aromatic carbocycles. The number of nitrogens with one attached hydrogen (secondary N) is 1. The monoisotopic (exact) mass is 418 g/mol. The molecule has 1 atom stereocenters. The van der Waals surface area contributed by atoms with Crippen molar-refractivity contribution in [2.45, 2.75) is 44.6 Å². The Hall–Kier alpha value is -1.90. The van der Waals surface area contributed by atoms with Crippen LogP contribution in [0.1, 0.15) is 41.2 Å². The molecule has 0 bridgehead atoms. The molecule has 8 heteroatoms. The molecule has 0 saturated carbocycles. The van der Waals surface area contributed by atoms with Gasteiger partial charge in [-0.1, -0.05) is 19.0 Å². The Labute approximate surface area is 176 Å². The molecular weight excluding hydrogens is 388 g/mol. The number of carbonyl (C=O) groups is 1. The number of nitrogens with zero attached hydrogens (tertiary/aromatic N) is 3. The molecular formula is C21H30N4O3S. The van der Waals surface area contributed by atoms with Crippen molar-refractivity contribution in [2.24, 2.45) is 5.92 Å². The van der Waals surface area contributed by atoms with Crippen molar-refractivity contribution in [3.63, 3.8) is 0 Å². The fourth-order valence-electron chi connectivity index (χ4n) is 3.42. The zero-order valence-corrected chi connectivity index (χ0v) is 18.4. The number of amides is 1. The van der Waals surface area contributed by atoms with Gasteiger partial charge in [-0.2, -0.15) is 0 Å².